The molecule has 0 N–H and O–H groups in total. The zero-order valence-corrected chi connectivity index (χ0v) is 11.7. The van der Waals surface area contributed by atoms with Crippen molar-refractivity contribution >= 4 is 33.4 Å². The number of para-hydroxylation sites is 1. The minimum absolute atomic E-state index is 0.865. The van der Waals surface area contributed by atoms with Gasteiger partial charge >= 0.3 is 0 Å². The average molecular weight is 270 g/mol. The van der Waals surface area contributed by atoms with Crippen molar-refractivity contribution in [3.63, 3.8) is 0 Å². The summed E-state index contributed by atoms with van der Waals surface area (Å²) < 4.78 is 0. The summed E-state index contributed by atoms with van der Waals surface area (Å²) in [5.41, 5.74) is 3.23. The molecule has 3 rings (SSSR count). The number of unbranched alkanes of at least 4 members (excludes halogenated alkanes) is 1. The Kier molecular flexibility index (Phi) is 3.39. The summed E-state index contributed by atoms with van der Waals surface area (Å²) in [5.74, 6) is 0. The van der Waals surface area contributed by atoms with Crippen LogP contribution in [0.1, 0.15) is 25.3 Å². The number of nitrogens with zero attached hydrogens (tertiary/aromatic N) is 1. The maximum absolute atomic E-state index is 6.54. The molecular formula is C17H16ClN. The molecule has 1 aromatic heterocycles. The predicted molar refractivity (Wildman–Crippen MR) is 82.9 cm³/mol. The third-order valence-corrected chi connectivity index (χ3v) is 3.96. The summed E-state index contributed by atoms with van der Waals surface area (Å²) in [6.45, 7) is 2.20. The Hall–Kier alpha value is -1.60. The fourth-order valence-corrected chi connectivity index (χ4v) is 2.73. The molecule has 1 nitrogen and oxygen atoms in total. The Morgan fingerprint density at radius 1 is 1.05 bits per heavy atom. The first-order chi connectivity index (χ1) is 9.29. The number of benzene rings is 2. The summed E-state index contributed by atoms with van der Waals surface area (Å²) in [4.78, 5) is 4.68. The zero-order valence-electron chi connectivity index (χ0n) is 11.0. The molecule has 96 valence electrons. The summed E-state index contributed by atoms with van der Waals surface area (Å²) in [6, 6.07) is 14.5. The van der Waals surface area contributed by atoms with Crippen LogP contribution in [0.5, 0.6) is 0 Å². The molecule has 1 heterocycles. The van der Waals surface area contributed by atoms with Crippen LogP contribution in [-0.4, -0.2) is 4.98 Å². The van der Waals surface area contributed by atoms with Crippen LogP contribution in [-0.2, 0) is 6.42 Å². The number of hydrogen-bond donors (Lipinski definition) is 0. The number of fused-ring (bicyclic) bond motifs is 2. The molecule has 0 aliphatic heterocycles. The molecule has 0 amide bonds. The van der Waals surface area contributed by atoms with Gasteiger partial charge in [0.25, 0.3) is 0 Å². The Labute approximate surface area is 118 Å². The van der Waals surface area contributed by atoms with E-state index in [9.17, 15) is 0 Å². The van der Waals surface area contributed by atoms with Crippen LogP contribution in [0.3, 0.4) is 0 Å². The number of aromatic nitrogens is 1. The minimum atomic E-state index is 0.865. The van der Waals surface area contributed by atoms with Crippen molar-refractivity contribution in [1.82, 2.24) is 4.98 Å². The van der Waals surface area contributed by atoms with Gasteiger partial charge in [0.2, 0.25) is 0 Å². The fraction of sp³-hybridized carbons (Fsp3) is 0.235. The van der Waals surface area contributed by atoms with Gasteiger partial charge in [0.1, 0.15) is 0 Å². The quantitative estimate of drug-likeness (QED) is 0.582. The lowest BCUT2D eigenvalue weighted by Crippen LogP contribution is -1.90. The van der Waals surface area contributed by atoms with E-state index in [1.54, 1.807) is 0 Å². The van der Waals surface area contributed by atoms with E-state index in [1.807, 2.05) is 18.2 Å². The van der Waals surface area contributed by atoms with Crippen molar-refractivity contribution in [2.75, 3.05) is 0 Å². The van der Waals surface area contributed by atoms with Crippen LogP contribution < -0.4 is 0 Å². The van der Waals surface area contributed by atoms with E-state index < -0.39 is 0 Å². The molecule has 0 bridgehead atoms. The fourth-order valence-electron chi connectivity index (χ4n) is 2.42. The highest BCUT2D eigenvalue weighted by molar-refractivity contribution is 6.36. The second-order valence-electron chi connectivity index (χ2n) is 4.89. The van der Waals surface area contributed by atoms with Gasteiger partial charge in [0.05, 0.1) is 16.1 Å². The number of halogens is 1. The Morgan fingerprint density at radius 3 is 2.74 bits per heavy atom. The summed E-state index contributed by atoms with van der Waals surface area (Å²) in [7, 11) is 0. The van der Waals surface area contributed by atoms with Crippen molar-refractivity contribution < 1.29 is 0 Å². The molecule has 2 aromatic carbocycles. The standard InChI is InChI=1S/C17H16ClN/c1-2-3-6-12-9-10-16-14(17(12)18)11-13-7-4-5-8-15(13)19-16/h4-5,7-11H,2-3,6H2,1H3. The van der Waals surface area contributed by atoms with Crippen LogP contribution in [0.2, 0.25) is 5.02 Å². The Balaban J connectivity index is 2.21. The largest absolute Gasteiger partial charge is 0.248 e. The van der Waals surface area contributed by atoms with E-state index in [0.29, 0.717) is 0 Å². The van der Waals surface area contributed by atoms with Gasteiger partial charge in [0, 0.05) is 10.8 Å². The van der Waals surface area contributed by atoms with E-state index >= 15 is 0 Å². The smallest absolute Gasteiger partial charge is 0.0724 e. The number of aryl methyl sites for hydroxylation is 1. The minimum Gasteiger partial charge on any atom is -0.248 e. The highest BCUT2D eigenvalue weighted by atomic mass is 35.5. The van der Waals surface area contributed by atoms with Gasteiger partial charge in [-0.25, -0.2) is 4.98 Å². The van der Waals surface area contributed by atoms with Crippen LogP contribution in [0.25, 0.3) is 21.8 Å². The molecule has 0 aliphatic rings. The average Bonchev–Trinajstić information content (AvgIpc) is 2.45. The lowest BCUT2D eigenvalue weighted by molar-refractivity contribution is 0.796. The summed E-state index contributed by atoms with van der Waals surface area (Å²) in [6.07, 6.45) is 3.40. The molecule has 19 heavy (non-hydrogen) atoms. The first kappa shape index (κ1) is 12.4. The SMILES string of the molecule is CCCCc1ccc2nc3ccccc3cc2c1Cl. The molecule has 0 saturated heterocycles. The first-order valence-electron chi connectivity index (χ1n) is 6.76. The van der Waals surface area contributed by atoms with Crippen molar-refractivity contribution in [3.05, 3.63) is 53.1 Å². The Morgan fingerprint density at radius 2 is 1.89 bits per heavy atom. The van der Waals surface area contributed by atoms with Gasteiger partial charge in [-0.2, -0.15) is 0 Å². The second kappa shape index (κ2) is 5.18. The van der Waals surface area contributed by atoms with Gasteiger partial charge in [-0.3, -0.25) is 0 Å². The van der Waals surface area contributed by atoms with E-state index in [0.717, 1.165) is 33.2 Å². The molecule has 0 fully saturated rings. The van der Waals surface area contributed by atoms with Gasteiger partial charge in [0.15, 0.2) is 0 Å². The van der Waals surface area contributed by atoms with Crippen LogP contribution in [0.15, 0.2) is 42.5 Å². The molecular weight excluding hydrogens is 254 g/mol. The molecule has 0 unspecified atom stereocenters. The predicted octanol–water partition coefficient (Wildman–Crippen LogP) is 5.38. The Bertz CT molecular complexity index is 734. The van der Waals surface area contributed by atoms with Gasteiger partial charge in [-0.1, -0.05) is 49.2 Å². The molecule has 2 heteroatoms. The van der Waals surface area contributed by atoms with E-state index in [4.69, 9.17) is 11.6 Å². The third kappa shape index (κ3) is 2.31. The van der Waals surface area contributed by atoms with Gasteiger partial charge in [-0.15, -0.1) is 0 Å². The molecule has 0 saturated carbocycles. The van der Waals surface area contributed by atoms with E-state index in [1.165, 1.54) is 18.4 Å². The molecule has 0 aliphatic carbocycles. The lowest BCUT2D eigenvalue weighted by atomic mass is 10.0. The zero-order chi connectivity index (χ0) is 13.2. The molecule has 0 atom stereocenters. The van der Waals surface area contributed by atoms with Crippen molar-refractivity contribution in [1.29, 1.82) is 0 Å². The number of hydrogen-bond acceptors (Lipinski definition) is 1. The molecule has 0 radical (unpaired) electrons. The second-order valence-corrected chi connectivity index (χ2v) is 5.27. The van der Waals surface area contributed by atoms with Crippen LogP contribution in [0, 0.1) is 0 Å². The topological polar surface area (TPSA) is 12.9 Å². The highest BCUT2D eigenvalue weighted by Crippen LogP contribution is 2.29. The lowest BCUT2D eigenvalue weighted by Gasteiger charge is -2.08. The first-order valence-corrected chi connectivity index (χ1v) is 7.14. The van der Waals surface area contributed by atoms with E-state index in [2.05, 4.69) is 36.2 Å². The summed E-state index contributed by atoms with van der Waals surface area (Å²) in [5, 5.41) is 3.07. The monoisotopic (exact) mass is 269 g/mol. The molecule has 0 spiro atoms. The van der Waals surface area contributed by atoms with Gasteiger partial charge < -0.3 is 0 Å². The van der Waals surface area contributed by atoms with Crippen molar-refractivity contribution in [3.8, 4) is 0 Å². The molecule has 3 aromatic rings. The van der Waals surface area contributed by atoms with Crippen molar-refractivity contribution in [2.45, 2.75) is 26.2 Å². The van der Waals surface area contributed by atoms with Crippen LogP contribution in [0.4, 0.5) is 0 Å². The number of pyridine rings is 1. The maximum atomic E-state index is 6.54. The van der Waals surface area contributed by atoms with Crippen LogP contribution >= 0.6 is 11.6 Å². The van der Waals surface area contributed by atoms with Crippen molar-refractivity contribution in [2.24, 2.45) is 0 Å². The van der Waals surface area contributed by atoms with E-state index in [-0.39, 0.29) is 0 Å². The summed E-state index contributed by atoms with van der Waals surface area (Å²) >= 11 is 6.54. The highest BCUT2D eigenvalue weighted by Gasteiger charge is 2.07. The maximum Gasteiger partial charge on any atom is 0.0724 e. The number of rotatable bonds is 3. The normalized spacial score (nSPS) is 11.3. The van der Waals surface area contributed by atoms with Gasteiger partial charge in [-0.05, 0) is 36.6 Å². The third-order valence-electron chi connectivity index (χ3n) is 3.51.